The number of aromatic nitrogens is 3. The zero-order chi connectivity index (χ0) is 23.3. The molecule has 1 amide bonds. The van der Waals surface area contributed by atoms with Gasteiger partial charge in [0.15, 0.2) is 0 Å². The summed E-state index contributed by atoms with van der Waals surface area (Å²) in [4.78, 5) is 24.0. The summed E-state index contributed by atoms with van der Waals surface area (Å²) < 4.78 is 43.7. The lowest BCUT2D eigenvalue weighted by atomic mass is 10.1. The van der Waals surface area contributed by atoms with Crippen LogP contribution in [0, 0.1) is 0 Å². The van der Waals surface area contributed by atoms with Crippen LogP contribution in [0.2, 0.25) is 0 Å². The fraction of sp³-hybridized carbons (Fsp3) is 0.174. The first-order valence-corrected chi connectivity index (χ1v) is 10.0. The average Bonchev–Trinajstić information content (AvgIpc) is 3.24. The standard InChI is InChI=1S/C16H14N4O2.C7H5F3O/c21-16(12-9-10-3-1-7-18-15(10)19-12)20-11-5-8-22-13-4-2-6-17-14(11)13;8-7(9,10)11-6-4-2-1-3-5-6/h1-4,6-7,9,11H,5,8H2,(H,18,19)(H,20,21);1-5H. The Hall–Kier alpha value is -4.08. The zero-order valence-corrected chi connectivity index (χ0v) is 17.2. The number of amides is 1. The van der Waals surface area contributed by atoms with E-state index < -0.39 is 6.36 Å². The molecular formula is C23H19F3N4O3. The largest absolute Gasteiger partial charge is 0.573 e. The number of alkyl halides is 3. The SMILES string of the molecule is FC(F)(F)Oc1ccccc1.O=C(NC1CCOc2cccnc21)c1cc2cccnc2[nH]1. The predicted octanol–water partition coefficient (Wildman–Crippen LogP) is 4.80. The maximum atomic E-state index is 12.5. The van der Waals surface area contributed by atoms with Crippen molar-refractivity contribution in [3.8, 4) is 11.5 Å². The number of carbonyl (C=O) groups is 1. The van der Waals surface area contributed by atoms with Crippen LogP contribution in [0.1, 0.15) is 28.6 Å². The van der Waals surface area contributed by atoms with Crippen molar-refractivity contribution >= 4 is 16.9 Å². The first-order chi connectivity index (χ1) is 15.9. The Bertz CT molecular complexity index is 1200. The molecule has 1 unspecified atom stereocenters. The summed E-state index contributed by atoms with van der Waals surface area (Å²) in [7, 11) is 0. The van der Waals surface area contributed by atoms with E-state index in [1.165, 1.54) is 24.3 Å². The summed E-state index contributed by atoms with van der Waals surface area (Å²) in [6.07, 6.45) is -0.492. The Labute approximate surface area is 186 Å². The number of nitrogens with zero attached hydrogens (tertiary/aromatic N) is 2. The van der Waals surface area contributed by atoms with Crippen molar-refractivity contribution in [2.75, 3.05) is 6.61 Å². The minimum atomic E-state index is -4.60. The number of hydrogen-bond acceptors (Lipinski definition) is 5. The summed E-state index contributed by atoms with van der Waals surface area (Å²) >= 11 is 0. The number of nitrogens with one attached hydrogen (secondary N) is 2. The molecule has 0 saturated heterocycles. The highest BCUT2D eigenvalue weighted by Crippen LogP contribution is 2.29. The smallest absolute Gasteiger partial charge is 0.491 e. The van der Waals surface area contributed by atoms with Crippen LogP contribution < -0.4 is 14.8 Å². The molecular weight excluding hydrogens is 437 g/mol. The van der Waals surface area contributed by atoms with Crippen molar-refractivity contribution in [1.29, 1.82) is 0 Å². The highest BCUT2D eigenvalue weighted by Gasteiger charge is 2.30. The second-order valence-electron chi connectivity index (χ2n) is 7.04. The summed E-state index contributed by atoms with van der Waals surface area (Å²) in [6, 6.07) is 16.2. The second kappa shape index (κ2) is 9.60. The zero-order valence-electron chi connectivity index (χ0n) is 17.2. The van der Waals surface area contributed by atoms with Gasteiger partial charge in [0.05, 0.1) is 12.6 Å². The van der Waals surface area contributed by atoms with Crippen molar-refractivity contribution < 1.29 is 27.4 Å². The van der Waals surface area contributed by atoms with Gasteiger partial charge < -0.3 is 19.8 Å². The van der Waals surface area contributed by atoms with Crippen molar-refractivity contribution in [3.05, 3.63) is 84.4 Å². The molecule has 10 heteroatoms. The highest BCUT2D eigenvalue weighted by molar-refractivity contribution is 5.97. The molecule has 0 saturated carbocycles. The number of ether oxygens (including phenoxy) is 2. The summed E-state index contributed by atoms with van der Waals surface area (Å²) in [5, 5.41) is 3.93. The van der Waals surface area contributed by atoms with Crippen LogP contribution in [0.15, 0.2) is 73.1 Å². The molecule has 170 valence electrons. The van der Waals surface area contributed by atoms with Gasteiger partial charge in [-0.1, -0.05) is 18.2 Å². The number of para-hydroxylation sites is 1. The molecule has 5 rings (SSSR count). The molecule has 0 radical (unpaired) electrons. The van der Waals surface area contributed by atoms with E-state index in [-0.39, 0.29) is 17.7 Å². The number of fused-ring (bicyclic) bond motifs is 2. The minimum absolute atomic E-state index is 0.142. The number of halogens is 3. The maximum absolute atomic E-state index is 12.5. The van der Waals surface area contributed by atoms with E-state index >= 15 is 0 Å². The molecule has 1 aliphatic heterocycles. The van der Waals surface area contributed by atoms with E-state index in [0.717, 1.165) is 16.8 Å². The topological polar surface area (TPSA) is 89.1 Å². The van der Waals surface area contributed by atoms with Gasteiger partial charge in [-0.05, 0) is 42.5 Å². The number of pyridine rings is 2. The van der Waals surface area contributed by atoms with Crippen molar-refractivity contribution in [2.24, 2.45) is 0 Å². The Kier molecular flexibility index (Phi) is 6.43. The van der Waals surface area contributed by atoms with E-state index in [0.29, 0.717) is 24.4 Å². The van der Waals surface area contributed by atoms with Gasteiger partial charge >= 0.3 is 6.36 Å². The van der Waals surface area contributed by atoms with Crippen LogP contribution in [0.25, 0.3) is 11.0 Å². The van der Waals surface area contributed by atoms with E-state index in [4.69, 9.17) is 4.74 Å². The number of benzene rings is 1. The summed E-state index contributed by atoms with van der Waals surface area (Å²) in [5.74, 6) is 0.374. The van der Waals surface area contributed by atoms with Crippen LogP contribution in [-0.2, 0) is 0 Å². The molecule has 0 spiro atoms. The molecule has 3 aromatic heterocycles. The lowest BCUT2D eigenvalue weighted by Gasteiger charge is -2.25. The molecule has 0 aliphatic carbocycles. The van der Waals surface area contributed by atoms with Crippen LogP contribution >= 0.6 is 0 Å². The molecule has 0 fully saturated rings. The molecule has 1 aliphatic rings. The molecule has 2 N–H and O–H groups in total. The first-order valence-electron chi connectivity index (χ1n) is 10.0. The lowest BCUT2D eigenvalue weighted by Crippen LogP contribution is -2.33. The van der Waals surface area contributed by atoms with Gasteiger partial charge in [-0.25, -0.2) is 4.98 Å². The van der Waals surface area contributed by atoms with Crippen molar-refractivity contribution in [1.82, 2.24) is 20.3 Å². The van der Waals surface area contributed by atoms with E-state index in [1.54, 1.807) is 24.5 Å². The van der Waals surface area contributed by atoms with Gasteiger partial charge in [-0.15, -0.1) is 13.2 Å². The maximum Gasteiger partial charge on any atom is 0.573 e. The Morgan fingerprint density at radius 1 is 1.06 bits per heavy atom. The van der Waals surface area contributed by atoms with Crippen molar-refractivity contribution in [3.63, 3.8) is 0 Å². The fourth-order valence-corrected chi connectivity index (χ4v) is 3.29. The summed E-state index contributed by atoms with van der Waals surface area (Å²) in [5.41, 5.74) is 1.98. The summed E-state index contributed by atoms with van der Waals surface area (Å²) in [6.45, 7) is 0.567. The second-order valence-corrected chi connectivity index (χ2v) is 7.04. The van der Waals surface area contributed by atoms with E-state index in [1.807, 2.05) is 24.3 Å². The van der Waals surface area contributed by atoms with Gasteiger partial charge in [0, 0.05) is 24.2 Å². The van der Waals surface area contributed by atoms with E-state index in [9.17, 15) is 18.0 Å². The van der Waals surface area contributed by atoms with Crippen molar-refractivity contribution in [2.45, 2.75) is 18.8 Å². The molecule has 7 nitrogen and oxygen atoms in total. The minimum Gasteiger partial charge on any atom is -0.491 e. The highest BCUT2D eigenvalue weighted by atomic mass is 19.4. The number of H-pyrrole nitrogens is 1. The van der Waals surface area contributed by atoms with Crippen LogP contribution in [0.5, 0.6) is 11.5 Å². The van der Waals surface area contributed by atoms with Crippen LogP contribution in [0.3, 0.4) is 0 Å². The van der Waals surface area contributed by atoms with Gasteiger partial charge in [0.1, 0.15) is 28.5 Å². The third-order valence-corrected chi connectivity index (χ3v) is 4.71. The quantitative estimate of drug-likeness (QED) is 0.463. The van der Waals surface area contributed by atoms with Crippen LogP contribution in [-0.4, -0.2) is 33.8 Å². The monoisotopic (exact) mass is 456 g/mol. The molecule has 0 bridgehead atoms. The third-order valence-electron chi connectivity index (χ3n) is 4.71. The molecule has 4 heterocycles. The van der Waals surface area contributed by atoms with Gasteiger partial charge in [-0.3, -0.25) is 9.78 Å². The normalized spacial score (nSPS) is 14.9. The van der Waals surface area contributed by atoms with E-state index in [2.05, 4.69) is 25.0 Å². The molecule has 4 aromatic rings. The average molecular weight is 456 g/mol. The Morgan fingerprint density at radius 2 is 1.82 bits per heavy atom. The molecule has 1 aromatic carbocycles. The molecule has 1 atom stereocenters. The predicted molar refractivity (Wildman–Crippen MR) is 114 cm³/mol. The lowest BCUT2D eigenvalue weighted by molar-refractivity contribution is -0.274. The fourth-order valence-electron chi connectivity index (χ4n) is 3.29. The van der Waals surface area contributed by atoms with Gasteiger partial charge in [0.25, 0.3) is 5.91 Å². The number of carbonyl (C=O) groups excluding carboxylic acids is 1. The number of hydrogen-bond donors (Lipinski definition) is 2. The first kappa shape index (κ1) is 22.1. The Balaban J connectivity index is 0.000000200. The van der Waals surface area contributed by atoms with Gasteiger partial charge in [-0.2, -0.15) is 0 Å². The van der Waals surface area contributed by atoms with Crippen LogP contribution in [0.4, 0.5) is 13.2 Å². The number of aromatic amines is 1. The third kappa shape index (κ3) is 5.79. The molecule has 33 heavy (non-hydrogen) atoms. The number of rotatable bonds is 3. The van der Waals surface area contributed by atoms with Gasteiger partial charge in [0.2, 0.25) is 0 Å². The Morgan fingerprint density at radius 3 is 2.58 bits per heavy atom.